The van der Waals surface area contributed by atoms with Crippen LogP contribution >= 0.6 is 0 Å². The summed E-state index contributed by atoms with van der Waals surface area (Å²) >= 11 is 0. The van der Waals surface area contributed by atoms with E-state index in [0.717, 1.165) is 0 Å². The highest BCUT2D eigenvalue weighted by Gasteiger charge is 2.55. The third-order valence-electron chi connectivity index (χ3n) is 10.3. The largest absolute Gasteiger partial charge is 0.394 e. The summed E-state index contributed by atoms with van der Waals surface area (Å²) in [7, 11) is 0. The lowest BCUT2D eigenvalue weighted by Gasteiger charge is -2.48. The van der Waals surface area contributed by atoms with E-state index in [0.29, 0.717) is 0 Å². The Kier molecular flexibility index (Phi) is 16.1. The molecule has 17 N–H and O–H groups in total. The molecule has 0 saturated carbocycles. The molecule has 5 aliphatic heterocycles. The van der Waals surface area contributed by atoms with E-state index >= 15 is 0 Å². The minimum absolute atomic E-state index is 0.786. The number of aliphatic hydroxyl groups excluding tert-OH is 17. The van der Waals surface area contributed by atoms with Crippen molar-refractivity contribution in [2.75, 3.05) is 33.0 Å². The molecule has 5 heterocycles. The van der Waals surface area contributed by atoms with Crippen molar-refractivity contribution < 1.29 is 129 Å². The van der Waals surface area contributed by atoms with Crippen LogP contribution in [0.1, 0.15) is 0 Å². The average molecular weight is 829 g/mol. The second-order valence-electron chi connectivity index (χ2n) is 14.0. The van der Waals surface area contributed by atoms with Gasteiger partial charge in [-0.2, -0.15) is 0 Å². The normalized spacial score (nSPS) is 53.2. The molecule has 25 atom stereocenters. The predicted molar refractivity (Wildman–Crippen MR) is 167 cm³/mol. The first kappa shape index (κ1) is 46.0. The maximum absolute atomic E-state index is 11.3. The van der Waals surface area contributed by atoms with Crippen molar-refractivity contribution in [1.29, 1.82) is 0 Å². The van der Waals surface area contributed by atoms with Gasteiger partial charge in [-0.3, -0.25) is 0 Å². The summed E-state index contributed by atoms with van der Waals surface area (Å²) in [5.74, 6) is 0. The Morgan fingerprint density at radius 2 is 0.607 bits per heavy atom. The fourth-order valence-corrected chi connectivity index (χ4v) is 6.82. The summed E-state index contributed by atoms with van der Waals surface area (Å²) in [5.41, 5.74) is 0. The van der Waals surface area contributed by atoms with Gasteiger partial charge in [-0.15, -0.1) is 0 Å². The quantitative estimate of drug-likeness (QED) is 0.0819. The van der Waals surface area contributed by atoms with Gasteiger partial charge in [-0.1, -0.05) is 0 Å². The van der Waals surface area contributed by atoms with Gasteiger partial charge in [0.05, 0.1) is 33.0 Å². The lowest BCUT2D eigenvalue weighted by atomic mass is 9.96. The van der Waals surface area contributed by atoms with Crippen molar-refractivity contribution in [1.82, 2.24) is 0 Å². The standard InChI is InChI=1S/C30H52O26/c31-1-6-11(34)14(37)20(43)27(51-6)48-4-9-24(17(40)19(42)26(47)50-9)55-30-23(46)18(41)25(56-29-22(45)16(39)13(36)8(3-33)53-29)10(54-30)5-49-28-21(44)15(38)12(35)7(2-32)52-28/h6-47H,1-5H2/t6-,7-,8-,9-,10-,11+,12+,13-,14+,15+,16+,17-,18-,19+,20-,21-,22+,23+,24-,25-,26?,27+,28+,29+,30+/m1/s1. The maximum atomic E-state index is 11.3. The number of ether oxygens (including phenoxy) is 9. The summed E-state index contributed by atoms with van der Waals surface area (Å²) in [6, 6.07) is 0. The fourth-order valence-electron chi connectivity index (χ4n) is 6.82. The zero-order valence-corrected chi connectivity index (χ0v) is 29.2. The van der Waals surface area contributed by atoms with Crippen molar-refractivity contribution in [2.45, 2.75) is 154 Å². The molecule has 1 unspecified atom stereocenters. The van der Waals surface area contributed by atoms with Crippen LogP contribution in [0, 0.1) is 0 Å². The Labute approximate surface area is 316 Å². The van der Waals surface area contributed by atoms with Crippen LogP contribution < -0.4 is 0 Å². The van der Waals surface area contributed by atoms with Crippen molar-refractivity contribution in [3.63, 3.8) is 0 Å². The molecule has 26 nitrogen and oxygen atoms in total. The zero-order valence-electron chi connectivity index (χ0n) is 29.2. The van der Waals surface area contributed by atoms with Gasteiger partial charge in [0.1, 0.15) is 122 Å². The van der Waals surface area contributed by atoms with Gasteiger partial charge in [-0.25, -0.2) is 0 Å². The van der Waals surface area contributed by atoms with Gasteiger partial charge in [0.25, 0.3) is 0 Å². The summed E-state index contributed by atoms with van der Waals surface area (Å²) in [4.78, 5) is 0. The molecule has 26 heteroatoms. The van der Waals surface area contributed by atoms with E-state index in [1.54, 1.807) is 0 Å². The molecular formula is C30H52O26. The van der Waals surface area contributed by atoms with E-state index in [1.807, 2.05) is 0 Å². The first-order chi connectivity index (χ1) is 26.4. The molecule has 0 radical (unpaired) electrons. The lowest BCUT2D eigenvalue weighted by molar-refractivity contribution is -0.385. The molecule has 5 fully saturated rings. The SMILES string of the molecule is OC[C@H]1O[C@H](OC[C@H]2O[C@@H](O[C@H]3[C@H](O)[C@H](O)C(O)O[C@@H]3CO[C@H]3O[C@H](CO)[C@H](O)[C@H](O)[C@H]3O)[C@@H](O)[C@@H](O)[C@@H]2O[C@@H]2O[C@H](CO)[C@@H](O)[C@H](O)[C@@H]2O)[C@H](O)[C@@H](O)[C@H]1O. The minimum Gasteiger partial charge on any atom is -0.394 e. The lowest BCUT2D eigenvalue weighted by Crippen LogP contribution is -2.67. The summed E-state index contributed by atoms with van der Waals surface area (Å²) in [6.45, 7) is -4.14. The number of rotatable bonds is 13. The number of hydrogen-bond donors (Lipinski definition) is 17. The summed E-state index contributed by atoms with van der Waals surface area (Å²) in [6.07, 6.45) is -46.3. The van der Waals surface area contributed by atoms with Gasteiger partial charge >= 0.3 is 0 Å². The van der Waals surface area contributed by atoms with Gasteiger partial charge < -0.3 is 129 Å². The van der Waals surface area contributed by atoms with E-state index in [1.165, 1.54) is 0 Å². The molecule has 0 aromatic carbocycles. The third kappa shape index (κ3) is 9.46. The molecule has 328 valence electrons. The Morgan fingerprint density at radius 1 is 0.304 bits per heavy atom. The smallest absolute Gasteiger partial charge is 0.187 e. The van der Waals surface area contributed by atoms with Crippen LogP contribution in [-0.4, -0.2) is 273 Å². The van der Waals surface area contributed by atoms with Gasteiger partial charge in [0, 0.05) is 0 Å². The molecule has 0 bridgehead atoms. The van der Waals surface area contributed by atoms with Crippen LogP contribution in [0.15, 0.2) is 0 Å². The van der Waals surface area contributed by atoms with Crippen LogP contribution in [0.4, 0.5) is 0 Å². The van der Waals surface area contributed by atoms with Crippen LogP contribution in [0.25, 0.3) is 0 Å². The molecule has 5 rings (SSSR count). The molecule has 0 aliphatic carbocycles. The van der Waals surface area contributed by atoms with Crippen molar-refractivity contribution in [3.05, 3.63) is 0 Å². The Morgan fingerprint density at radius 3 is 1.00 bits per heavy atom. The topological polar surface area (TPSA) is 427 Å². The van der Waals surface area contributed by atoms with Crippen molar-refractivity contribution in [2.24, 2.45) is 0 Å². The molecule has 0 aromatic heterocycles. The molecule has 0 aromatic rings. The first-order valence-electron chi connectivity index (χ1n) is 17.6. The highest BCUT2D eigenvalue weighted by molar-refractivity contribution is 4.97. The maximum Gasteiger partial charge on any atom is 0.187 e. The highest BCUT2D eigenvalue weighted by Crippen LogP contribution is 2.34. The fraction of sp³-hybridized carbons (Fsp3) is 1.00. The van der Waals surface area contributed by atoms with Crippen LogP contribution in [0.5, 0.6) is 0 Å². The van der Waals surface area contributed by atoms with Crippen LogP contribution in [-0.2, 0) is 42.6 Å². The second-order valence-corrected chi connectivity index (χ2v) is 14.0. The van der Waals surface area contributed by atoms with E-state index in [2.05, 4.69) is 0 Å². The van der Waals surface area contributed by atoms with E-state index in [4.69, 9.17) is 42.6 Å². The van der Waals surface area contributed by atoms with Crippen LogP contribution in [0.2, 0.25) is 0 Å². The monoisotopic (exact) mass is 828 g/mol. The second kappa shape index (κ2) is 19.6. The first-order valence-corrected chi connectivity index (χ1v) is 17.6. The van der Waals surface area contributed by atoms with E-state index in [-0.39, 0.29) is 0 Å². The Balaban J connectivity index is 1.36. The predicted octanol–water partition coefficient (Wildman–Crippen LogP) is -11.9. The van der Waals surface area contributed by atoms with Gasteiger partial charge in [0.2, 0.25) is 0 Å². The van der Waals surface area contributed by atoms with Crippen molar-refractivity contribution in [3.8, 4) is 0 Å². The van der Waals surface area contributed by atoms with Gasteiger partial charge in [0.15, 0.2) is 31.5 Å². The average Bonchev–Trinajstić information content (AvgIpc) is 3.18. The molecule has 5 saturated heterocycles. The Bertz CT molecular complexity index is 1200. The van der Waals surface area contributed by atoms with Crippen LogP contribution in [0.3, 0.4) is 0 Å². The molecule has 56 heavy (non-hydrogen) atoms. The zero-order chi connectivity index (χ0) is 41.3. The Hall–Kier alpha value is -1.04. The van der Waals surface area contributed by atoms with E-state index in [9.17, 15) is 86.8 Å². The molecule has 0 spiro atoms. The molecular weight excluding hydrogens is 776 g/mol. The third-order valence-corrected chi connectivity index (χ3v) is 10.3. The summed E-state index contributed by atoms with van der Waals surface area (Å²) < 4.78 is 49.6. The number of aliphatic hydroxyl groups is 17. The van der Waals surface area contributed by atoms with E-state index < -0.39 is 187 Å². The molecule has 0 amide bonds. The van der Waals surface area contributed by atoms with Crippen molar-refractivity contribution >= 4 is 0 Å². The highest BCUT2D eigenvalue weighted by atomic mass is 16.8. The summed E-state index contributed by atoms with van der Waals surface area (Å²) in [5, 5.41) is 175. The minimum atomic E-state index is -2.18. The van der Waals surface area contributed by atoms with Gasteiger partial charge in [-0.05, 0) is 0 Å². The number of hydrogen-bond acceptors (Lipinski definition) is 26. The molecule has 5 aliphatic rings.